The normalized spacial score (nSPS) is 16.3. The van der Waals surface area contributed by atoms with Gasteiger partial charge in [0.05, 0.1) is 19.2 Å². The van der Waals surface area contributed by atoms with E-state index in [1.165, 1.54) is 17.7 Å². The van der Waals surface area contributed by atoms with Gasteiger partial charge >= 0.3 is 0 Å². The number of aromatic nitrogens is 3. The number of thioether (sulfide) groups is 1. The first-order valence-electron chi connectivity index (χ1n) is 9.58. The van der Waals surface area contributed by atoms with Crippen LogP contribution in [0.15, 0.2) is 53.7 Å². The molecule has 1 aliphatic heterocycles. The first-order valence-corrected chi connectivity index (χ1v) is 10.9. The van der Waals surface area contributed by atoms with E-state index >= 15 is 0 Å². The number of hydrogen-bond donors (Lipinski definition) is 1. The highest BCUT2D eigenvalue weighted by Crippen LogP contribution is 2.25. The molecule has 29 heavy (non-hydrogen) atoms. The molecule has 4 rings (SSSR count). The maximum atomic E-state index is 13.1. The summed E-state index contributed by atoms with van der Waals surface area (Å²) >= 11 is 7.62. The van der Waals surface area contributed by atoms with E-state index in [4.69, 9.17) is 16.3 Å². The molecule has 5 nitrogen and oxygen atoms in total. The fourth-order valence-electron chi connectivity index (χ4n) is 3.21. The number of benzene rings is 2. The summed E-state index contributed by atoms with van der Waals surface area (Å²) in [5.41, 5.74) is 2.02. The minimum atomic E-state index is -0.252. The van der Waals surface area contributed by atoms with Crippen LogP contribution in [0, 0.1) is 5.82 Å². The van der Waals surface area contributed by atoms with Crippen LogP contribution in [0.3, 0.4) is 0 Å². The molecule has 152 valence electrons. The second-order valence-corrected chi connectivity index (χ2v) is 8.30. The van der Waals surface area contributed by atoms with Crippen molar-refractivity contribution in [3.8, 4) is 0 Å². The van der Waals surface area contributed by atoms with Crippen LogP contribution >= 0.6 is 23.4 Å². The molecule has 1 fully saturated rings. The van der Waals surface area contributed by atoms with Crippen LogP contribution in [0.2, 0.25) is 5.02 Å². The predicted molar refractivity (Wildman–Crippen MR) is 114 cm³/mol. The van der Waals surface area contributed by atoms with Crippen LogP contribution in [-0.2, 0) is 23.6 Å². The molecule has 0 unspecified atom stereocenters. The van der Waals surface area contributed by atoms with Gasteiger partial charge in [0.2, 0.25) is 0 Å². The van der Waals surface area contributed by atoms with Gasteiger partial charge < -0.3 is 14.6 Å². The monoisotopic (exact) mass is 432 g/mol. The van der Waals surface area contributed by atoms with E-state index < -0.39 is 0 Å². The maximum Gasteiger partial charge on any atom is 0.191 e. The number of nitrogens with zero attached hydrogens (tertiary/aromatic N) is 3. The first-order chi connectivity index (χ1) is 14.2. The van der Waals surface area contributed by atoms with Crippen LogP contribution < -0.4 is 5.32 Å². The summed E-state index contributed by atoms with van der Waals surface area (Å²) in [5.74, 6) is 1.37. The lowest BCUT2D eigenvalue weighted by atomic mass is 10.2. The lowest BCUT2D eigenvalue weighted by Crippen LogP contribution is -2.19. The lowest BCUT2D eigenvalue weighted by molar-refractivity contribution is 0.0942. The van der Waals surface area contributed by atoms with Gasteiger partial charge in [0, 0.05) is 23.1 Å². The number of rotatable bonds is 8. The molecular weight excluding hydrogens is 411 g/mol. The standard InChI is InChI=1S/C21H22ClFN4OS/c22-16-5-3-15(4-6-16)14-29-21-26-25-20(27(21)13-19-2-1-11-28-19)12-24-18-9-7-17(23)8-10-18/h3-10,19,24H,1-2,11-14H2/t19-/m0/s1. The first kappa shape index (κ1) is 20.2. The molecule has 1 atom stereocenters. The molecule has 0 radical (unpaired) electrons. The second kappa shape index (κ2) is 9.61. The molecule has 0 aliphatic carbocycles. The van der Waals surface area contributed by atoms with Gasteiger partial charge in [-0.3, -0.25) is 0 Å². The van der Waals surface area contributed by atoms with Gasteiger partial charge in [-0.2, -0.15) is 0 Å². The molecule has 3 aromatic rings. The Bertz CT molecular complexity index is 860. The number of hydrogen-bond acceptors (Lipinski definition) is 5. The molecule has 0 bridgehead atoms. The van der Waals surface area contributed by atoms with Crippen molar-refractivity contribution in [2.24, 2.45) is 0 Å². The average molecular weight is 433 g/mol. The summed E-state index contributed by atoms with van der Waals surface area (Å²) in [4.78, 5) is 0. The topological polar surface area (TPSA) is 52.0 Å². The highest BCUT2D eigenvalue weighted by Gasteiger charge is 2.21. The Labute approximate surface area is 178 Å². The van der Waals surface area contributed by atoms with E-state index in [1.54, 1.807) is 23.9 Å². The quantitative estimate of drug-likeness (QED) is 0.498. The van der Waals surface area contributed by atoms with Crippen LogP contribution in [0.25, 0.3) is 0 Å². The van der Waals surface area contributed by atoms with Crippen molar-refractivity contribution in [3.05, 3.63) is 70.8 Å². The SMILES string of the molecule is Fc1ccc(NCc2nnc(SCc3ccc(Cl)cc3)n2C[C@@H]2CCCO2)cc1. The summed E-state index contributed by atoms with van der Waals surface area (Å²) in [6, 6.07) is 14.1. The van der Waals surface area contributed by atoms with Gasteiger partial charge in [-0.15, -0.1) is 10.2 Å². The van der Waals surface area contributed by atoms with Crippen molar-refractivity contribution in [1.29, 1.82) is 0 Å². The van der Waals surface area contributed by atoms with Crippen molar-refractivity contribution < 1.29 is 9.13 Å². The van der Waals surface area contributed by atoms with Crippen LogP contribution in [-0.4, -0.2) is 27.5 Å². The van der Waals surface area contributed by atoms with Gasteiger partial charge in [-0.05, 0) is 54.8 Å². The summed E-state index contributed by atoms with van der Waals surface area (Å²) in [5, 5.41) is 13.7. The Kier molecular flexibility index (Phi) is 6.69. The van der Waals surface area contributed by atoms with E-state index in [0.29, 0.717) is 6.54 Å². The van der Waals surface area contributed by atoms with Crippen LogP contribution in [0.1, 0.15) is 24.2 Å². The smallest absolute Gasteiger partial charge is 0.191 e. The van der Waals surface area contributed by atoms with Gasteiger partial charge in [-0.1, -0.05) is 35.5 Å². The number of halogens is 2. The molecule has 1 N–H and O–H groups in total. The van der Waals surface area contributed by atoms with E-state index in [2.05, 4.69) is 20.1 Å². The van der Waals surface area contributed by atoms with Crippen LogP contribution in [0.4, 0.5) is 10.1 Å². The van der Waals surface area contributed by atoms with Crippen LogP contribution in [0.5, 0.6) is 0 Å². The summed E-state index contributed by atoms with van der Waals surface area (Å²) < 4.78 is 21.1. The second-order valence-electron chi connectivity index (χ2n) is 6.92. The summed E-state index contributed by atoms with van der Waals surface area (Å²) in [7, 11) is 0. The van der Waals surface area contributed by atoms with E-state index in [1.807, 2.05) is 24.3 Å². The Hall–Kier alpha value is -2.09. The van der Waals surface area contributed by atoms with Crippen molar-refractivity contribution >= 4 is 29.1 Å². The molecule has 1 aromatic heterocycles. The Morgan fingerprint density at radius 1 is 1.14 bits per heavy atom. The van der Waals surface area contributed by atoms with E-state index in [0.717, 1.165) is 53.4 Å². The summed E-state index contributed by atoms with van der Waals surface area (Å²) in [6.45, 7) is 2.05. The number of nitrogens with one attached hydrogen (secondary N) is 1. The predicted octanol–water partition coefficient (Wildman–Crippen LogP) is 5.15. The minimum absolute atomic E-state index is 0.186. The third kappa shape index (κ3) is 5.50. The molecule has 0 amide bonds. The zero-order chi connectivity index (χ0) is 20.1. The molecule has 8 heteroatoms. The third-order valence-electron chi connectivity index (χ3n) is 4.78. The Morgan fingerprint density at radius 3 is 2.66 bits per heavy atom. The third-order valence-corrected chi connectivity index (χ3v) is 6.07. The fraction of sp³-hybridized carbons (Fsp3) is 0.333. The van der Waals surface area contributed by atoms with E-state index in [9.17, 15) is 4.39 Å². The average Bonchev–Trinajstić information content (AvgIpc) is 3.38. The van der Waals surface area contributed by atoms with Gasteiger partial charge in [0.1, 0.15) is 5.82 Å². The Morgan fingerprint density at radius 2 is 1.93 bits per heavy atom. The molecule has 0 spiro atoms. The molecule has 1 saturated heterocycles. The lowest BCUT2D eigenvalue weighted by Gasteiger charge is -2.15. The maximum absolute atomic E-state index is 13.1. The number of anilines is 1. The van der Waals surface area contributed by atoms with Crippen molar-refractivity contribution in [3.63, 3.8) is 0 Å². The molecule has 1 aliphatic rings. The Balaban J connectivity index is 1.47. The molecule has 2 aromatic carbocycles. The van der Waals surface area contributed by atoms with Crippen molar-refractivity contribution in [2.75, 3.05) is 11.9 Å². The van der Waals surface area contributed by atoms with E-state index in [-0.39, 0.29) is 11.9 Å². The van der Waals surface area contributed by atoms with Crippen molar-refractivity contribution in [2.45, 2.75) is 42.9 Å². The van der Waals surface area contributed by atoms with Gasteiger partial charge in [-0.25, -0.2) is 4.39 Å². The zero-order valence-electron chi connectivity index (χ0n) is 15.9. The molecule has 2 heterocycles. The highest BCUT2D eigenvalue weighted by molar-refractivity contribution is 7.98. The zero-order valence-corrected chi connectivity index (χ0v) is 17.4. The molecule has 0 saturated carbocycles. The fourth-order valence-corrected chi connectivity index (χ4v) is 4.26. The van der Waals surface area contributed by atoms with Gasteiger partial charge in [0.25, 0.3) is 0 Å². The summed E-state index contributed by atoms with van der Waals surface area (Å²) in [6.07, 6.45) is 2.32. The highest BCUT2D eigenvalue weighted by atomic mass is 35.5. The minimum Gasteiger partial charge on any atom is -0.378 e. The van der Waals surface area contributed by atoms with Gasteiger partial charge in [0.15, 0.2) is 11.0 Å². The molecular formula is C21H22ClFN4OS. The number of ether oxygens (including phenoxy) is 1. The largest absolute Gasteiger partial charge is 0.378 e. The van der Waals surface area contributed by atoms with Crippen molar-refractivity contribution in [1.82, 2.24) is 14.8 Å².